The number of hydrogen-bond donors (Lipinski definition) is 1. The number of nitrogens with one attached hydrogen (secondary N) is 1. The van der Waals surface area contributed by atoms with E-state index in [9.17, 15) is 4.79 Å². The predicted molar refractivity (Wildman–Crippen MR) is 74.4 cm³/mol. The highest BCUT2D eigenvalue weighted by Crippen LogP contribution is 2.11. The Kier molecular flexibility index (Phi) is 5.32. The molecule has 0 aliphatic carbocycles. The van der Waals surface area contributed by atoms with Crippen LogP contribution in [0, 0.1) is 0 Å². The minimum absolute atomic E-state index is 0.134. The number of benzene rings is 1. The number of nitrogens with zero attached hydrogens (tertiary/aromatic N) is 2. The number of carbonyl (C=O) groups excluding carboxylic acids is 1. The van der Waals surface area contributed by atoms with E-state index in [1.165, 1.54) is 0 Å². The van der Waals surface area contributed by atoms with Crippen molar-refractivity contribution in [2.75, 3.05) is 32.8 Å². The molecule has 1 aromatic rings. The molecule has 0 aromatic heterocycles. The van der Waals surface area contributed by atoms with E-state index in [0.29, 0.717) is 24.8 Å². The Balaban J connectivity index is 1.78. The number of halogens is 1. The Hall–Kier alpha value is -1.43. The second kappa shape index (κ2) is 7.23. The second-order valence-electron chi connectivity index (χ2n) is 4.20. The van der Waals surface area contributed by atoms with Crippen LogP contribution in [0.3, 0.4) is 0 Å². The predicted octanol–water partition coefficient (Wildman–Crippen LogP) is 1.12. The molecule has 1 heterocycles. The summed E-state index contributed by atoms with van der Waals surface area (Å²) in [5.74, 6) is -0.134. The van der Waals surface area contributed by atoms with Gasteiger partial charge in [-0.3, -0.25) is 9.69 Å². The van der Waals surface area contributed by atoms with E-state index in [2.05, 4.69) is 10.5 Å². The molecule has 0 radical (unpaired) electrons. The Morgan fingerprint density at radius 1 is 1.42 bits per heavy atom. The summed E-state index contributed by atoms with van der Waals surface area (Å²) < 4.78 is 5.22. The van der Waals surface area contributed by atoms with Crippen LogP contribution in [0.2, 0.25) is 5.02 Å². The van der Waals surface area contributed by atoms with Crippen molar-refractivity contribution < 1.29 is 9.53 Å². The van der Waals surface area contributed by atoms with Gasteiger partial charge in [0.15, 0.2) is 0 Å². The van der Waals surface area contributed by atoms with E-state index in [1.54, 1.807) is 12.3 Å². The summed E-state index contributed by atoms with van der Waals surface area (Å²) in [5, 5.41) is 4.51. The highest BCUT2D eigenvalue weighted by molar-refractivity contribution is 6.33. The molecule has 1 amide bonds. The molecule has 0 unspecified atom stereocenters. The van der Waals surface area contributed by atoms with Gasteiger partial charge in [-0.05, 0) is 6.07 Å². The summed E-state index contributed by atoms with van der Waals surface area (Å²) in [6, 6.07) is 7.32. The first-order valence-electron chi connectivity index (χ1n) is 6.12. The standard InChI is InChI=1S/C13H16ClN3O2/c14-12-4-2-1-3-11(12)9-15-16-13(18)10-17-5-7-19-8-6-17/h1-4,9H,5-8,10H2,(H,16,18)/b15-9-. The number of hydrazone groups is 1. The fourth-order valence-corrected chi connectivity index (χ4v) is 1.94. The number of morpholine rings is 1. The third-order valence-electron chi connectivity index (χ3n) is 2.77. The Morgan fingerprint density at radius 2 is 2.16 bits per heavy atom. The first-order chi connectivity index (χ1) is 9.25. The molecule has 1 N–H and O–H groups in total. The van der Waals surface area contributed by atoms with Crippen molar-refractivity contribution in [2.24, 2.45) is 5.10 Å². The lowest BCUT2D eigenvalue weighted by Gasteiger charge is -2.25. The van der Waals surface area contributed by atoms with Gasteiger partial charge in [0.2, 0.25) is 0 Å². The van der Waals surface area contributed by atoms with Crippen LogP contribution in [0.15, 0.2) is 29.4 Å². The van der Waals surface area contributed by atoms with Gasteiger partial charge >= 0.3 is 0 Å². The van der Waals surface area contributed by atoms with E-state index in [0.717, 1.165) is 18.7 Å². The molecule has 1 aliphatic heterocycles. The zero-order chi connectivity index (χ0) is 13.5. The first kappa shape index (κ1) is 14.0. The molecule has 1 saturated heterocycles. The molecular weight excluding hydrogens is 266 g/mol. The zero-order valence-corrected chi connectivity index (χ0v) is 11.3. The van der Waals surface area contributed by atoms with Crippen LogP contribution in [0.1, 0.15) is 5.56 Å². The van der Waals surface area contributed by atoms with E-state index >= 15 is 0 Å². The van der Waals surface area contributed by atoms with Gasteiger partial charge in [-0.1, -0.05) is 29.8 Å². The second-order valence-corrected chi connectivity index (χ2v) is 4.61. The van der Waals surface area contributed by atoms with Gasteiger partial charge in [0, 0.05) is 23.7 Å². The van der Waals surface area contributed by atoms with Crippen LogP contribution in [0.25, 0.3) is 0 Å². The Bertz CT molecular complexity index is 459. The van der Waals surface area contributed by atoms with Gasteiger partial charge < -0.3 is 4.74 Å². The summed E-state index contributed by atoms with van der Waals surface area (Å²) in [5.41, 5.74) is 3.27. The van der Waals surface area contributed by atoms with Crippen molar-refractivity contribution >= 4 is 23.7 Å². The average molecular weight is 282 g/mol. The molecule has 0 bridgehead atoms. The molecule has 0 atom stereocenters. The van der Waals surface area contributed by atoms with Crippen molar-refractivity contribution in [1.82, 2.24) is 10.3 Å². The number of ether oxygens (including phenoxy) is 1. The molecule has 1 aromatic carbocycles. The van der Waals surface area contributed by atoms with Crippen molar-refractivity contribution in [1.29, 1.82) is 0 Å². The van der Waals surface area contributed by atoms with E-state index in [4.69, 9.17) is 16.3 Å². The highest BCUT2D eigenvalue weighted by Gasteiger charge is 2.13. The lowest BCUT2D eigenvalue weighted by Crippen LogP contribution is -2.42. The van der Waals surface area contributed by atoms with Gasteiger partial charge in [0.25, 0.3) is 5.91 Å². The largest absolute Gasteiger partial charge is 0.379 e. The summed E-state index contributed by atoms with van der Waals surface area (Å²) >= 11 is 5.97. The van der Waals surface area contributed by atoms with Crippen LogP contribution < -0.4 is 5.43 Å². The fraction of sp³-hybridized carbons (Fsp3) is 0.385. The van der Waals surface area contributed by atoms with E-state index < -0.39 is 0 Å². The molecule has 6 heteroatoms. The minimum atomic E-state index is -0.134. The lowest BCUT2D eigenvalue weighted by molar-refractivity contribution is -0.123. The molecule has 5 nitrogen and oxygen atoms in total. The van der Waals surface area contributed by atoms with E-state index in [-0.39, 0.29) is 5.91 Å². The van der Waals surface area contributed by atoms with Crippen molar-refractivity contribution in [3.05, 3.63) is 34.9 Å². The van der Waals surface area contributed by atoms with Crippen molar-refractivity contribution in [3.63, 3.8) is 0 Å². The third-order valence-corrected chi connectivity index (χ3v) is 3.11. The smallest absolute Gasteiger partial charge is 0.254 e. The highest BCUT2D eigenvalue weighted by atomic mass is 35.5. The van der Waals surface area contributed by atoms with Crippen molar-refractivity contribution in [2.45, 2.75) is 0 Å². The van der Waals surface area contributed by atoms with Crippen LogP contribution in [0.4, 0.5) is 0 Å². The molecule has 1 aliphatic rings. The average Bonchev–Trinajstić information content (AvgIpc) is 2.42. The maximum Gasteiger partial charge on any atom is 0.254 e. The van der Waals surface area contributed by atoms with Crippen molar-refractivity contribution in [3.8, 4) is 0 Å². The van der Waals surface area contributed by atoms with Gasteiger partial charge in [-0.25, -0.2) is 5.43 Å². The van der Waals surface area contributed by atoms with Crippen LogP contribution >= 0.6 is 11.6 Å². The monoisotopic (exact) mass is 281 g/mol. The molecule has 102 valence electrons. The summed E-state index contributed by atoms with van der Waals surface area (Å²) in [6.45, 7) is 3.25. The molecule has 1 fully saturated rings. The lowest BCUT2D eigenvalue weighted by atomic mass is 10.2. The van der Waals surface area contributed by atoms with Gasteiger partial charge in [-0.2, -0.15) is 5.10 Å². The maximum atomic E-state index is 11.6. The number of carbonyl (C=O) groups is 1. The van der Waals surface area contributed by atoms with Gasteiger partial charge in [0.1, 0.15) is 0 Å². The van der Waals surface area contributed by atoms with Crippen LogP contribution in [-0.4, -0.2) is 49.9 Å². The van der Waals surface area contributed by atoms with Gasteiger partial charge in [-0.15, -0.1) is 0 Å². The van der Waals surface area contributed by atoms with E-state index in [1.807, 2.05) is 23.1 Å². The quantitative estimate of drug-likeness (QED) is 0.665. The Labute approximate surface area is 117 Å². The molecule has 0 saturated carbocycles. The third kappa shape index (κ3) is 4.63. The van der Waals surface area contributed by atoms with Crippen LogP contribution in [-0.2, 0) is 9.53 Å². The summed E-state index contributed by atoms with van der Waals surface area (Å²) in [4.78, 5) is 13.7. The first-order valence-corrected chi connectivity index (χ1v) is 6.50. The maximum absolute atomic E-state index is 11.6. The summed E-state index contributed by atoms with van der Waals surface area (Å²) in [6.07, 6.45) is 1.54. The topological polar surface area (TPSA) is 53.9 Å². The normalized spacial score (nSPS) is 16.7. The molecule has 19 heavy (non-hydrogen) atoms. The molecular formula is C13H16ClN3O2. The minimum Gasteiger partial charge on any atom is -0.379 e. The molecule has 2 rings (SSSR count). The fourth-order valence-electron chi connectivity index (χ4n) is 1.75. The Morgan fingerprint density at radius 3 is 2.89 bits per heavy atom. The zero-order valence-electron chi connectivity index (χ0n) is 10.5. The van der Waals surface area contributed by atoms with Crippen LogP contribution in [0.5, 0.6) is 0 Å². The van der Waals surface area contributed by atoms with Gasteiger partial charge in [0.05, 0.1) is 26.0 Å². The SMILES string of the molecule is O=C(CN1CCOCC1)N/N=C\c1ccccc1Cl. The number of hydrogen-bond acceptors (Lipinski definition) is 4. The molecule has 0 spiro atoms. The number of rotatable bonds is 4. The summed E-state index contributed by atoms with van der Waals surface area (Å²) in [7, 11) is 0. The number of amides is 1.